The molecule has 0 amide bonds. The fourth-order valence-corrected chi connectivity index (χ4v) is 3.60. The topological polar surface area (TPSA) is 38.4 Å². The second kappa shape index (κ2) is 6.37. The Morgan fingerprint density at radius 2 is 1.64 bits per heavy atom. The van der Waals surface area contributed by atoms with Crippen LogP contribution in [0.1, 0.15) is 13.8 Å². The first-order valence-electron chi connectivity index (χ1n) is 8.89. The smallest absolute Gasteiger partial charge is 0.262 e. The van der Waals surface area contributed by atoms with Gasteiger partial charge in [-0.05, 0) is 31.3 Å². The van der Waals surface area contributed by atoms with Gasteiger partial charge in [-0.2, -0.15) is 0 Å². The predicted octanol–water partition coefficient (Wildman–Crippen LogP) is 4.24. The van der Waals surface area contributed by atoms with Gasteiger partial charge in [-0.3, -0.25) is 4.79 Å². The van der Waals surface area contributed by atoms with Crippen molar-refractivity contribution < 1.29 is 4.42 Å². The summed E-state index contributed by atoms with van der Waals surface area (Å²) < 4.78 is 7.95. The number of hydrogen-bond acceptors (Lipinski definition) is 3. The average molecular weight is 334 g/mol. The van der Waals surface area contributed by atoms with E-state index in [-0.39, 0.29) is 5.56 Å². The third kappa shape index (κ3) is 2.53. The SMILES string of the molecule is CCN(CC)CCn1c(=O)c2c3ccccc3oc2c2ccccc21. The molecule has 2 aromatic heterocycles. The zero-order valence-electron chi connectivity index (χ0n) is 14.7. The Morgan fingerprint density at radius 3 is 2.40 bits per heavy atom. The highest BCUT2D eigenvalue weighted by Crippen LogP contribution is 2.31. The number of furan rings is 1. The highest BCUT2D eigenvalue weighted by Gasteiger charge is 2.17. The first-order chi connectivity index (χ1) is 12.2. The number of aromatic nitrogens is 1. The highest BCUT2D eigenvalue weighted by molar-refractivity contribution is 6.13. The quantitative estimate of drug-likeness (QED) is 0.548. The molecule has 128 valence electrons. The molecule has 0 aliphatic carbocycles. The number of likely N-dealkylation sites (N-methyl/N-ethyl adjacent to an activating group) is 1. The summed E-state index contributed by atoms with van der Waals surface area (Å²) in [6.45, 7) is 7.81. The Morgan fingerprint density at radius 1 is 0.960 bits per heavy atom. The van der Waals surface area contributed by atoms with Gasteiger partial charge in [0.15, 0.2) is 0 Å². The van der Waals surface area contributed by atoms with E-state index in [0.717, 1.165) is 41.5 Å². The van der Waals surface area contributed by atoms with Gasteiger partial charge in [-0.1, -0.05) is 44.2 Å². The van der Waals surface area contributed by atoms with E-state index >= 15 is 0 Å². The van der Waals surface area contributed by atoms with Crippen molar-refractivity contribution in [3.8, 4) is 0 Å². The Kier molecular flexibility index (Phi) is 4.06. The van der Waals surface area contributed by atoms with Gasteiger partial charge in [-0.25, -0.2) is 0 Å². The number of hydrogen-bond donors (Lipinski definition) is 0. The van der Waals surface area contributed by atoms with E-state index in [1.54, 1.807) is 0 Å². The minimum absolute atomic E-state index is 0.0332. The minimum atomic E-state index is 0.0332. The van der Waals surface area contributed by atoms with Crippen molar-refractivity contribution in [2.45, 2.75) is 20.4 Å². The molecule has 25 heavy (non-hydrogen) atoms. The molecular weight excluding hydrogens is 312 g/mol. The first-order valence-corrected chi connectivity index (χ1v) is 8.89. The van der Waals surface area contributed by atoms with E-state index in [9.17, 15) is 4.79 Å². The summed E-state index contributed by atoms with van der Waals surface area (Å²) in [5.74, 6) is 0. The largest absolute Gasteiger partial charge is 0.455 e. The summed E-state index contributed by atoms with van der Waals surface area (Å²) >= 11 is 0. The third-order valence-electron chi connectivity index (χ3n) is 5.03. The van der Waals surface area contributed by atoms with Gasteiger partial charge in [0.05, 0.1) is 10.9 Å². The van der Waals surface area contributed by atoms with Crippen molar-refractivity contribution in [3.63, 3.8) is 0 Å². The van der Waals surface area contributed by atoms with E-state index < -0.39 is 0 Å². The molecule has 0 aliphatic heterocycles. The number of benzene rings is 2. The van der Waals surface area contributed by atoms with Crippen LogP contribution in [0.25, 0.3) is 32.8 Å². The zero-order chi connectivity index (χ0) is 17.4. The van der Waals surface area contributed by atoms with Crippen LogP contribution in [0.3, 0.4) is 0 Å². The molecular formula is C21H22N2O2. The summed E-state index contributed by atoms with van der Waals surface area (Å²) in [7, 11) is 0. The molecule has 4 rings (SSSR count). The molecule has 4 aromatic rings. The molecule has 0 aliphatic rings. The van der Waals surface area contributed by atoms with Gasteiger partial charge >= 0.3 is 0 Å². The van der Waals surface area contributed by atoms with Crippen LogP contribution in [0.5, 0.6) is 0 Å². The molecule has 0 spiro atoms. The average Bonchev–Trinajstić information content (AvgIpc) is 3.05. The van der Waals surface area contributed by atoms with Crippen molar-refractivity contribution in [1.29, 1.82) is 0 Å². The maximum Gasteiger partial charge on any atom is 0.262 e. The Hall–Kier alpha value is -2.59. The second-order valence-corrected chi connectivity index (χ2v) is 6.30. The van der Waals surface area contributed by atoms with Gasteiger partial charge in [0.1, 0.15) is 11.2 Å². The lowest BCUT2D eigenvalue weighted by atomic mass is 10.1. The van der Waals surface area contributed by atoms with Crippen molar-refractivity contribution >= 4 is 32.8 Å². The molecule has 2 aromatic carbocycles. The van der Waals surface area contributed by atoms with Crippen molar-refractivity contribution in [2.75, 3.05) is 19.6 Å². The maximum atomic E-state index is 13.3. The Bertz CT molecular complexity index is 1100. The van der Waals surface area contributed by atoms with Crippen LogP contribution in [0.15, 0.2) is 57.7 Å². The maximum absolute atomic E-state index is 13.3. The Balaban J connectivity index is 2.01. The van der Waals surface area contributed by atoms with Gasteiger partial charge in [-0.15, -0.1) is 0 Å². The number of pyridine rings is 1. The van der Waals surface area contributed by atoms with Crippen LogP contribution < -0.4 is 5.56 Å². The van der Waals surface area contributed by atoms with E-state index in [0.29, 0.717) is 17.5 Å². The van der Waals surface area contributed by atoms with Gasteiger partial charge < -0.3 is 13.9 Å². The molecule has 0 saturated heterocycles. The molecule has 0 radical (unpaired) electrons. The standard InChI is InChI=1S/C21H22N2O2/c1-3-22(4-2)13-14-23-17-11-7-5-9-15(17)20-19(21(23)24)16-10-6-8-12-18(16)25-20/h5-12H,3-4,13-14H2,1-2H3. The normalized spacial score (nSPS) is 12.0. The zero-order valence-corrected chi connectivity index (χ0v) is 14.7. The van der Waals surface area contributed by atoms with Crippen LogP contribution in [0, 0.1) is 0 Å². The predicted molar refractivity (Wildman–Crippen MR) is 103 cm³/mol. The van der Waals surface area contributed by atoms with Crippen molar-refractivity contribution in [3.05, 3.63) is 58.9 Å². The molecule has 0 saturated carbocycles. The second-order valence-electron chi connectivity index (χ2n) is 6.30. The summed E-state index contributed by atoms with van der Waals surface area (Å²) in [5.41, 5.74) is 2.43. The molecule has 4 nitrogen and oxygen atoms in total. The highest BCUT2D eigenvalue weighted by atomic mass is 16.3. The number of rotatable bonds is 5. The molecule has 0 bridgehead atoms. The van der Waals surface area contributed by atoms with Crippen LogP contribution in [-0.4, -0.2) is 29.1 Å². The van der Waals surface area contributed by atoms with Crippen molar-refractivity contribution in [2.24, 2.45) is 0 Å². The summed E-state index contributed by atoms with van der Waals surface area (Å²) in [6, 6.07) is 15.8. The Labute approximate surface area is 146 Å². The van der Waals surface area contributed by atoms with E-state index in [1.807, 2.05) is 53.1 Å². The lowest BCUT2D eigenvalue weighted by Crippen LogP contribution is -2.31. The third-order valence-corrected chi connectivity index (χ3v) is 5.03. The molecule has 2 heterocycles. The van der Waals surface area contributed by atoms with Crippen LogP contribution in [0.4, 0.5) is 0 Å². The molecule has 0 unspecified atom stereocenters. The summed E-state index contributed by atoms with van der Waals surface area (Å²) in [5, 5.41) is 2.58. The van der Waals surface area contributed by atoms with E-state index in [2.05, 4.69) is 18.7 Å². The molecule has 0 N–H and O–H groups in total. The first kappa shape index (κ1) is 15.9. The monoisotopic (exact) mass is 334 g/mol. The summed E-state index contributed by atoms with van der Waals surface area (Å²) in [6.07, 6.45) is 0. The van der Waals surface area contributed by atoms with Gasteiger partial charge in [0, 0.05) is 23.9 Å². The van der Waals surface area contributed by atoms with Gasteiger partial charge in [0.2, 0.25) is 0 Å². The lowest BCUT2D eigenvalue weighted by molar-refractivity contribution is 0.291. The van der Waals surface area contributed by atoms with E-state index in [1.165, 1.54) is 0 Å². The van der Waals surface area contributed by atoms with E-state index in [4.69, 9.17) is 4.42 Å². The summed E-state index contributed by atoms with van der Waals surface area (Å²) in [4.78, 5) is 15.6. The molecule has 4 heteroatoms. The minimum Gasteiger partial charge on any atom is -0.455 e. The fraction of sp³-hybridized carbons (Fsp3) is 0.286. The molecule has 0 fully saturated rings. The van der Waals surface area contributed by atoms with Crippen LogP contribution in [-0.2, 0) is 6.54 Å². The van der Waals surface area contributed by atoms with Crippen LogP contribution >= 0.6 is 0 Å². The lowest BCUT2D eigenvalue weighted by Gasteiger charge is -2.19. The van der Waals surface area contributed by atoms with Gasteiger partial charge in [0.25, 0.3) is 5.56 Å². The fourth-order valence-electron chi connectivity index (χ4n) is 3.60. The number of para-hydroxylation sites is 2. The van der Waals surface area contributed by atoms with Crippen LogP contribution in [0.2, 0.25) is 0 Å². The number of fused-ring (bicyclic) bond motifs is 5. The number of nitrogens with zero attached hydrogens (tertiary/aromatic N) is 2. The molecule has 0 atom stereocenters. The van der Waals surface area contributed by atoms with Crippen molar-refractivity contribution in [1.82, 2.24) is 9.47 Å².